The minimum absolute atomic E-state index is 0.0302. The van der Waals surface area contributed by atoms with Crippen LogP contribution in [-0.2, 0) is 11.2 Å². The molecule has 0 aliphatic rings. The van der Waals surface area contributed by atoms with Crippen molar-refractivity contribution in [3.8, 4) is 5.75 Å². The van der Waals surface area contributed by atoms with E-state index >= 15 is 0 Å². The zero-order valence-electron chi connectivity index (χ0n) is 23.3. The number of ether oxygens (including phenoxy) is 1. The second kappa shape index (κ2) is 19.9. The molecule has 34 heavy (non-hydrogen) atoms. The lowest BCUT2D eigenvalue weighted by Gasteiger charge is -2.27. The molecular weight excluding hydrogens is 416 g/mol. The van der Waals surface area contributed by atoms with Crippen molar-refractivity contribution in [1.29, 1.82) is 0 Å². The van der Waals surface area contributed by atoms with E-state index in [1.165, 1.54) is 102 Å². The van der Waals surface area contributed by atoms with Gasteiger partial charge in [0.2, 0.25) is 0 Å². The fourth-order valence-electron chi connectivity index (χ4n) is 4.81. The topological polar surface area (TPSA) is 26.3 Å². The molecule has 1 rings (SSSR count). The van der Waals surface area contributed by atoms with Gasteiger partial charge in [0.25, 0.3) is 0 Å². The van der Waals surface area contributed by atoms with Crippen molar-refractivity contribution in [2.24, 2.45) is 5.41 Å². The average Bonchev–Trinajstić information content (AvgIpc) is 2.84. The number of carbonyl (C=O) groups excluding carboxylic acids is 1. The van der Waals surface area contributed by atoms with Gasteiger partial charge in [-0.25, -0.2) is 0 Å². The van der Waals surface area contributed by atoms with Gasteiger partial charge in [0.1, 0.15) is 5.75 Å². The van der Waals surface area contributed by atoms with E-state index in [1.54, 1.807) is 0 Å². The van der Waals surface area contributed by atoms with Crippen LogP contribution in [0.15, 0.2) is 24.3 Å². The zero-order chi connectivity index (χ0) is 24.9. The van der Waals surface area contributed by atoms with E-state index in [0.29, 0.717) is 5.75 Å². The Morgan fingerprint density at radius 3 is 1.53 bits per heavy atom. The Bertz CT molecular complexity index is 606. The summed E-state index contributed by atoms with van der Waals surface area (Å²) in [5.41, 5.74) is 0.984. The summed E-state index contributed by atoms with van der Waals surface area (Å²) < 4.78 is 5.93. The normalized spacial score (nSPS) is 13.1. The summed E-state index contributed by atoms with van der Waals surface area (Å²) in [6.45, 7) is 8.90. The van der Waals surface area contributed by atoms with Crippen LogP contribution in [0.3, 0.4) is 0 Å². The van der Waals surface area contributed by atoms with Crippen molar-refractivity contribution >= 4 is 5.97 Å². The number of rotatable bonds is 22. The monoisotopic (exact) mass is 472 g/mol. The number of hydrogen-bond donors (Lipinski definition) is 0. The molecule has 0 fully saturated rings. The van der Waals surface area contributed by atoms with E-state index in [-0.39, 0.29) is 11.4 Å². The lowest BCUT2D eigenvalue weighted by molar-refractivity contribution is -0.146. The predicted molar refractivity (Wildman–Crippen MR) is 149 cm³/mol. The first-order chi connectivity index (χ1) is 16.6. The minimum Gasteiger partial charge on any atom is -0.426 e. The van der Waals surface area contributed by atoms with Gasteiger partial charge in [0.05, 0.1) is 5.41 Å². The molecule has 0 aliphatic carbocycles. The molecule has 0 radical (unpaired) electrons. The molecule has 1 atom stereocenters. The highest BCUT2D eigenvalue weighted by molar-refractivity contribution is 5.78. The Kier molecular flexibility index (Phi) is 18.0. The fraction of sp³-hybridized carbons (Fsp3) is 0.781. The minimum atomic E-state index is -0.366. The van der Waals surface area contributed by atoms with Crippen LogP contribution in [0.25, 0.3) is 0 Å². The predicted octanol–water partition coefficient (Wildman–Crippen LogP) is 10.6. The van der Waals surface area contributed by atoms with Crippen LogP contribution in [0, 0.1) is 5.41 Å². The highest BCUT2D eigenvalue weighted by Gasteiger charge is 2.34. The molecule has 0 N–H and O–H groups in total. The van der Waals surface area contributed by atoms with Gasteiger partial charge in [0, 0.05) is 0 Å². The number of hydrogen-bond acceptors (Lipinski definition) is 2. The maximum atomic E-state index is 13.2. The third-order valence-electron chi connectivity index (χ3n) is 7.36. The largest absolute Gasteiger partial charge is 0.426 e. The van der Waals surface area contributed by atoms with E-state index in [2.05, 4.69) is 39.8 Å². The molecule has 0 amide bonds. The molecular formula is C32H56O2. The smallest absolute Gasteiger partial charge is 0.317 e. The van der Waals surface area contributed by atoms with Crippen LogP contribution in [-0.4, -0.2) is 5.97 Å². The fourth-order valence-corrected chi connectivity index (χ4v) is 4.81. The number of unbranched alkanes of at least 4 members (excludes halogenated alkanes) is 14. The lowest BCUT2D eigenvalue weighted by atomic mass is 9.79. The van der Waals surface area contributed by atoms with Gasteiger partial charge in [-0.1, -0.05) is 136 Å². The molecule has 196 valence electrons. The second-order valence-electron chi connectivity index (χ2n) is 10.8. The summed E-state index contributed by atoms with van der Waals surface area (Å²) in [6, 6.07) is 8.28. The quantitative estimate of drug-likeness (QED) is 0.0952. The molecule has 2 heteroatoms. The number of benzene rings is 1. The van der Waals surface area contributed by atoms with Crippen molar-refractivity contribution in [3.63, 3.8) is 0 Å². The Morgan fingerprint density at radius 2 is 1.03 bits per heavy atom. The van der Waals surface area contributed by atoms with Crippen molar-refractivity contribution in [2.45, 2.75) is 156 Å². The van der Waals surface area contributed by atoms with Crippen LogP contribution in [0.1, 0.15) is 155 Å². The molecule has 0 aliphatic heterocycles. The van der Waals surface area contributed by atoms with E-state index in [4.69, 9.17) is 4.74 Å². The standard InChI is InChI=1S/C32H56O2/c1-5-8-11-14-16-17-19-22-29-23-25-30(26-24-29)34-31(33)32(4,27-20-13-10-7-3)28-21-18-15-12-9-6-2/h23-26H,5-22,27-28H2,1-4H3. The molecule has 0 aromatic heterocycles. The van der Waals surface area contributed by atoms with Gasteiger partial charge in [-0.2, -0.15) is 0 Å². The Morgan fingerprint density at radius 1 is 0.618 bits per heavy atom. The molecule has 0 spiro atoms. The van der Waals surface area contributed by atoms with Gasteiger partial charge in [-0.3, -0.25) is 4.79 Å². The van der Waals surface area contributed by atoms with E-state index in [1.807, 2.05) is 12.1 Å². The third-order valence-corrected chi connectivity index (χ3v) is 7.36. The van der Waals surface area contributed by atoms with Gasteiger partial charge >= 0.3 is 5.97 Å². The summed E-state index contributed by atoms with van der Waals surface area (Å²) in [7, 11) is 0. The summed E-state index contributed by atoms with van der Waals surface area (Å²) in [5.74, 6) is 0.674. The highest BCUT2D eigenvalue weighted by Crippen LogP contribution is 2.33. The first kappa shape index (κ1) is 30.7. The summed E-state index contributed by atoms with van der Waals surface area (Å²) in [4.78, 5) is 13.2. The van der Waals surface area contributed by atoms with Crippen LogP contribution < -0.4 is 4.74 Å². The number of carbonyl (C=O) groups is 1. The number of aryl methyl sites for hydroxylation is 1. The maximum Gasteiger partial charge on any atom is 0.317 e. The van der Waals surface area contributed by atoms with Crippen molar-refractivity contribution in [3.05, 3.63) is 29.8 Å². The van der Waals surface area contributed by atoms with Crippen LogP contribution in [0.5, 0.6) is 5.75 Å². The molecule has 0 heterocycles. The molecule has 0 bridgehead atoms. The maximum absolute atomic E-state index is 13.2. The van der Waals surface area contributed by atoms with Gasteiger partial charge in [0.15, 0.2) is 0 Å². The molecule has 1 unspecified atom stereocenters. The third kappa shape index (κ3) is 14.2. The van der Waals surface area contributed by atoms with E-state index in [0.717, 1.165) is 32.1 Å². The molecule has 2 nitrogen and oxygen atoms in total. The molecule has 1 aromatic rings. The summed E-state index contributed by atoms with van der Waals surface area (Å²) in [5, 5.41) is 0. The van der Waals surface area contributed by atoms with Crippen LogP contribution in [0.2, 0.25) is 0 Å². The molecule has 0 saturated carbocycles. The van der Waals surface area contributed by atoms with Crippen molar-refractivity contribution in [1.82, 2.24) is 0 Å². The SMILES string of the molecule is CCCCCCCCCc1ccc(OC(=O)C(C)(CCCCCC)CCCCCCCC)cc1. The van der Waals surface area contributed by atoms with Crippen molar-refractivity contribution in [2.75, 3.05) is 0 Å². The highest BCUT2D eigenvalue weighted by atomic mass is 16.5. The first-order valence-electron chi connectivity index (χ1n) is 14.9. The van der Waals surface area contributed by atoms with E-state index in [9.17, 15) is 4.79 Å². The van der Waals surface area contributed by atoms with Crippen LogP contribution in [0.4, 0.5) is 0 Å². The Hall–Kier alpha value is -1.31. The van der Waals surface area contributed by atoms with Gasteiger partial charge in [-0.15, -0.1) is 0 Å². The molecule has 0 saturated heterocycles. The summed E-state index contributed by atoms with van der Waals surface area (Å²) in [6.07, 6.45) is 24.7. The summed E-state index contributed by atoms with van der Waals surface area (Å²) >= 11 is 0. The Balaban J connectivity index is 2.51. The Labute approximate surface area is 212 Å². The number of esters is 1. The van der Waals surface area contributed by atoms with Gasteiger partial charge < -0.3 is 4.74 Å². The lowest BCUT2D eigenvalue weighted by Crippen LogP contribution is -2.32. The van der Waals surface area contributed by atoms with E-state index < -0.39 is 0 Å². The average molecular weight is 473 g/mol. The first-order valence-corrected chi connectivity index (χ1v) is 14.9. The second-order valence-corrected chi connectivity index (χ2v) is 10.8. The molecule has 1 aromatic carbocycles. The van der Waals surface area contributed by atoms with Crippen LogP contribution >= 0.6 is 0 Å². The zero-order valence-corrected chi connectivity index (χ0v) is 23.3. The van der Waals surface area contributed by atoms with Gasteiger partial charge in [-0.05, 0) is 50.3 Å². The van der Waals surface area contributed by atoms with Crippen molar-refractivity contribution < 1.29 is 9.53 Å².